The van der Waals surface area contributed by atoms with Crippen LogP contribution in [0.1, 0.15) is 110 Å². The van der Waals surface area contributed by atoms with Crippen LogP contribution in [0.5, 0.6) is 0 Å². The van der Waals surface area contributed by atoms with E-state index in [0.717, 1.165) is 17.8 Å². The summed E-state index contributed by atoms with van der Waals surface area (Å²) in [5, 5.41) is 0. The fourth-order valence-corrected chi connectivity index (χ4v) is 3.11. The zero-order chi connectivity index (χ0) is 17.7. The van der Waals surface area contributed by atoms with Crippen LogP contribution in [-0.2, 0) is 17.3 Å². The van der Waals surface area contributed by atoms with E-state index >= 15 is 0 Å². The van der Waals surface area contributed by atoms with Crippen LogP contribution in [-0.4, -0.2) is 9.97 Å². The molecule has 0 aliphatic heterocycles. The minimum Gasteiger partial charge on any atom is -0.254 e. The van der Waals surface area contributed by atoms with E-state index < -0.39 is 0 Å². The van der Waals surface area contributed by atoms with Crippen LogP contribution in [0.15, 0.2) is 0 Å². The molecule has 0 N–H and O–H groups in total. The second-order valence-electron chi connectivity index (χ2n) is 8.97. The Hall–Kier alpha value is -0.920. The van der Waals surface area contributed by atoms with Gasteiger partial charge in [-0.2, -0.15) is 0 Å². The number of hydrogen-bond donors (Lipinski definition) is 0. The topological polar surface area (TPSA) is 25.8 Å². The molecule has 0 saturated heterocycles. The molecule has 0 aromatic carbocycles. The van der Waals surface area contributed by atoms with Crippen LogP contribution >= 0.6 is 0 Å². The van der Waals surface area contributed by atoms with Gasteiger partial charge in [0, 0.05) is 10.8 Å². The fourth-order valence-electron chi connectivity index (χ4n) is 3.11. The Bertz CT molecular complexity index is 490. The summed E-state index contributed by atoms with van der Waals surface area (Å²) in [4.78, 5) is 10.1. The summed E-state index contributed by atoms with van der Waals surface area (Å²) in [5.41, 5.74) is 4.79. The van der Waals surface area contributed by atoms with Crippen molar-refractivity contribution in [1.29, 1.82) is 0 Å². The van der Waals surface area contributed by atoms with E-state index in [0.29, 0.717) is 0 Å². The summed E-state index contributed by atoms with van der Waals surface area (Å²) < 4.78 is 0. The molecule has 0 amide bonds. The van der Waals surface area contributed by atoms with Crippen LogP contribution in [0.25, 0.3) is 0 Å². The maximum Gasteiger partial charge on any atom is 0.0675 e. The predicted octanol–water partition coefficient (Wildman–Crippen LogP) is 6.28. The Balaban J connectivity index is 2.93. The molecule has 2 nitrogen and oxygen atoms in total. The Morgan fingerprint density at radius 3 is 1.74 bits per heavy atom. The molecule has 0 saturated carbocycles. The molecule has 0 unspecified atom stereocenters. The second-order valence-corrected chi connectivity index (χ2v) is 8.97. The van der Waals surface area contributed by atoms with Crippen molar-refractivity contribution in [2.45, 2.75) is 111 Å². The maximum absolute atomic E-state index is 5.08. The van der Waals surface area contributed by atoms with Crippen molar-refractivity contribution in [3.63, 3.8) is 0 Å². The molecule has 2 heteroatoms. The molecular weight excluding hydrogens is 280 g/mol. The third-order valence-corrected chi connectivity index (χ3v) is 4.33. The first-order valence-electron chi connectivity index (χ1n) is 9.46. The molecule has 0 aliphatic carbocycles. The van der Waals surface area contributed by atoms with Gasteiger partial charge in [-0.1, -0.05) is 80.6 Å². The molecule has 1 aromatic rings. The lowest BCUT2D eigenvalue weighted by Crippen LogP contribution is -2.24. The lowest BCUT2D eigenvalue weighted by molar-refractivity contribution is 0.515. The highest BCUT2D eigenvalue weighted by molar-refractivity contribution is 5.28. The first kappa shape index (κ1) is 20.1. The van der Waals surface area contributed by atoms with Crippen molar-refractivity contribution < 1.29 is 0 Å². The van der Waals surface area contributed by atoms with E-state index in [1.807, 2.05) is 0 Å². The summed E-state index contributed by atoms with van der Waals surface area (Å²) in [7, 11) is 0. The fraction of sp³-hybridized carbons (Fsp3) is 0.810. The third kappa shape index (κ3) is 6.24. The molecule has 1 rings (SSSR count). The largest absolute Gasteiger partial charge is 0.254 e. The van der Waals surface area contributed by atoms with Gasteiger partial charge in [-0.15, -0.1) is 0 Å². The van der Waals surface area contributed by atoms with Gasteiger partial charge in [0.1, 0.15) is 0 Å². The molecule has 0 fully saturated rings. The Morgan fingerprint density at radius 2 is 1.22 bits per heavy atom. The molecule has 1 aromatic heterocycles. The van der Waals surface area contributed by atoms with Gasteiger partial charge in [-0.05, 0) is 19.8 Å². The Labute approximate surface area is 144 Å². The van der Waals surface area contributed by atoms with E-state index in [4.69, 9.17) is 9.97 Å². The number of rotatable bonds is 7. The van der Waals surface area contributed by atoms with Gasteiger partial charge in [0.2, 0.25) is 0 Å². The zero-order valence-electron chi connectivity index (χ0n) is 16.8. The second kappa shape index (κ2) is 8.26. The van der Waals surface area contributed by atoms with E-state index in [2.05, 4.69) is 55.4 Å². The van der Waals surface area contributed by atoms with E-state index in [-0.39, 0.29) is 10.8 Å². The summed E-state index contributed by atoms with van der Waals surface area (Å²) in [5.74, 6) is 0. The average Bonchev–Trinajstić information content (AvgIpc) is 2.41. The molecule has 23 heavy (non-hydrogen) atoms. The van der Waals surface area contributed by atoms with E-state index in [1.54, 1.807) is 0 Å². The molecule has 0 aliphatic rings. The summed E-state index contributed by atoms with van der Waals surface area (Å²) in [6, 6.07) is 0. The number of aryl methyl sites for hydroxylation is 2. The Morgan fingerprint density at radius 1 is 0.696 bits per heavy atom. The lowest BCUT2D eigenvalue weighted by atomic mass is 9.86. The summed E-state index contributed by atoms with van der Waals surface area (Å²) in [6.07, 6.45) is 9.01. The van der Waals surface area contributed by atoms with Gasteiger partial charge in [0.15, 0.2) is 0 Å². The minimum atomic E-state index is 0.0589. The molecule has 0 bridgehead atoms. The van der Waals surface area contributed by atoms with Crippen LogP contribution < -0.4 is 0 Å². The molecule has 0 radical (unpaired) electrons. The van der Waals surface area contributed by atoms with Gasteiger partial charge in [-0.3, -0.25) is 9.97 Å². The Kier molecular flexibility index (Phi) is 7.23. The molecule has 0 spiro atoms. The van der Waals surface area contributed by atoms with E-state index in [1.165, 1.54) is 49.9 Å². The molecule has 132 valence electrons. The minimum absolute atomic E-state index is 0.0589. The first-order chi connectivity index (χ1) is 10.6. The number of aromatic nitrogens is 2. The molecule has 0 atom stereocenters. The van der Waals surface area contributed by atoms with Crippen molar-refractivity contribution in [3.8, 4) is 0 Å². The van der Waals surface area contributed by atoms with Crippen LogP contribution in [0.2, 0.25) is 0 Å². The van der Waals surface area contributed by atoms with Crippen molar-refractivity contribution in [2.75, 3.05) is 0 Å². The monoisotopic (exact) mass is 318 g/mol. The predicted molar refractivity (Wildman–Crippen MR) is 101 cm³/mol. The maximum atomic E-state index is 5.08. The summed E-state index contributed by atoms with van der Waals surface area (Å²) in [6.45, 7) is 17.8. The number of hydrogen-bond acceptors (Lipinski definition) is 2. The van der Waals surface area contributed by atoms with Gasteiger partial charge in [0.05, 0.1) is 22.8 Å². The van der Waals surface area contributed by atoms with Gasteiger partial charge < -0.3 is 0 Å². The smallest absolute Gasteiger partial charge is 0.0675 e. The van der Waals surface area contributed by atoms with Gasteiger partial charge in [0.25, 0.3) is 0 Å². The van der Waals surface area contributed by atoms with Crippen molar-refractivity contribution >= 4 is 0 Å². The number of nitrogens with zero attached hydrogens (tertiary/aromatic N) is 2. The quantitative estimate of drug-likeness (QED) is 0.553. The summed E-state index contributed by atoms with van der Waals surface area (Å²) >= 11 is 0. The highest BCUT2D eigenvalue weighted by atomic mass is 14.9. The molecular formula is C21H38N2. The SMILES string of the molecule is CCCCCCCCc1nc(C(C)(C)C)c(C)nc1C(C)(C)C. The van der Waals surface area contributed by atoms with E-state index in [9.17, 15) is 0 Å². The standard InChI is InChI=1S/C21H38N2/c1-9-10-11-12-13-14-15-17-19(21(6,7)8)22-16(2)18(23-17)20(3,4)5/h9-15H2,1-8H3. The highest BCUT2D eigenvalue weighted by Gasteiger charge is 2.26. The third-order valence-electron chi connectivity index (χ3n) is 4.33. The number of unbranched alkanes of at least 4 members (excludes halogenated alkanes) is 5. The van der Waals surface area contributed by atoms with Gasteiger partial charge >= 0.3 is 0 Å². The first-order valence-corrected chi connectivity index (χ1v) is 9.46. The van der Waals surface area contributed by atoms with Crippen LogP contribution in [0.3, 0.4) is 0 Å². The highest BCUT2D eigenvalue weighted by Crippen LogP contribution is 2.29. The van der Waals surface area contributed by atoms with Crippen molar-refractivity contribution in [2.24, 2.45) is 0 Å². The van der Waals surface area contributed by atoms with Crippen molar-refractivity contribution in [1.82, 2.24) is 9.97 Å². The lowest BCUT2D eigenvalue weighted by Gasteiger charge is -2.26. The normalized spacial score (nSPS) is 12.7. The van der Waals surface area contributed by atoms with Crippen molar-refractivity contribution in [3.05, 3.63) is 22.8 Å². The van der Waals surface area contributed by atoms with Gasteiger partial charge in [-0.25, -0.2) is 0 Å². The van der Waals surface area contributed by atoms with Crippen LogP contribution in [0.4, 0.5) is 0 Å². The average molecular weight is 319 g/mol. The molecule has 1 heterocycles. The van der Waals surface area contributed by atoms with Crippen LogP contribution in [0, 0.1) is 6.92 Å². The zero-order valence-corrected chi connectivity index (χ0v) is 16.8.